The molecule has 146 valence electrons. The third-order valence-electron chi connectivity index (χ3n) is 4.86. The van der Waals surface area contributed by atoms with Crippen molar-refractivity contribution in [3.05, 3.63) is 94.8 Å². The highest BCUT2D eigenvalue weighted by molar-refractivity contribution is 7.98. The molecule has 3 aromatic carbocycles. The van der Waals surface area contributed by atoms with Gasteiger partial charge in [-0.15, -0.1) is 10.2 Å². The van der Waals surface area contributed by atoms with Crippen LogP contribution in [0.5, 0.6) is 0 Å². The first-order valence-electron chi connectivity index (χ1n) is 9.48. The first kappa shape index (κ1) is 19.4. The number of rotatable bonds is 5. The quantitative estimate of drug-likeness (QED) is 0.367. The molecule has 0 amide bonds. The summed E-state index contributed by atoms with van der Waals surface area (Å²) in [6, 6.07) is 21.1. The van der Waals surface area contributed by atoms with E-state index in [-0.39, 0.29) is 5.82 Å². The largest absolute Gasteiger partial charge is 0.270 e. The SMILES string of the molecule is Cc1cccc(-n2c(SCc3cc(C)ccc3C)nnc2-c2ccc(F)cc2)c1. The predicted octanol–water partition coefficient (Wildman–Crippen LogP) is 6.29. The fraction of sp³-hybridized carbons (Fsp3) is 0.167. The third kappa shape index (κ3) is 4.25. The van der Waals surface area contributed by atoms with E-state index in [0.717, 1.165) is 27.7 Å². The summed E-state index contributed by atoms with van der Waals surface area (Å²) in [6.45, 7) is 6.30. The molecular weight excluding hydrogens is 381 g/mol. The van der Waals surface area contributed by atoms with Crippen molar-refractivity contribution in [2.45, 2.75) is 31.7 Å². The van der Waals surface area contributed by atoms with Gasteiger partial charge in [0, 0.05) is 17.0 Å². The Morgan fingerprint density at radius 1 is 0.862 bits per heavy atom. The van der Waals surface area contributed by atoms with Gasteiger partial charge in [0.05, 0.1) is 0 Å². The summed E-state index contributed by atoms with van der Waals surface area (Å²) < 4.78 is 15.5. The molecule has 0 unspecified atom stereocenters. The van der Waals surface area contributed by atoms with Gasteiger partial charge in [-0.2, -0.15) is 0 Å². The topological polar surface area (TPSA) is 30.7 Å². The van der Waals surface area contributed by atoms with E-state index in [2.05, 4.69) is 65.9 Å². The van der Waals surface area contributed by atoms with E-state index >= 15 is 0 Å². The maximum absolute atomic E-state index is 13.4. The summed E-state index contributed by atoms with van der Waals surface area (Å²) in [7, 11) is 0. The molecule has 0 saturated carbocycles. The zero-order valence-electron chi connectivity index (χ0n) is 16.7. The van der Waals surface area contributed by atoms with Crippen LogP contribution < -0.4 is 0 Å². The molecule has 0 bridgehead atoms. The van der Waals surface area contributed by atoms with E-state index in [9.17, 15) is 4.39 Å². The van der Waals surface area contributed by atoms with E-state index in [4.69, 9.17) is 0 Å². The zero-order valence-corrected chi connectivity index (χ0v) is 17.5. The Morgan fingerprint density at radius 3 is 2.38 bits per heavy atom. The van der Waals surface area contributed by atoms with Crippen molar-refractivity contribution in [1.82, 2.24) is 14.8 Å². The molecule has 0 fully saturated rings. The van der Waals surface area contributed by atoms with Gasteiger partial charge in [-0.1, -0.05) is 47.7 Å². The van der Waals surface area contributed by atoms with E-state index < -0.39 is 0 Å². The number of aryl methyl sites for hydroxylation is 3. The number of aromatic nitrogens is 3. The molecule has 1 aromatic heterocycles. The molecule has 0 aliphatic heterocycles. The number of halogens is 1. The minimum absolute atomic E-state index is 0.264. The highest BCUT2D eigenvalue weighted by Crippen LogP contribution is 2.31. The normalized spacial score (nSPS) is 11.0. The molecule has 0 aliphatic carbocycles. The predicted molar refractivity (Wildman–Crippen MR) is 117 cm³/mol. The van der Waals surface area contributed by atoms with Gasteiger partial charge in [0.2, 0.25) is 0 Å². The summed E-state index contributed by atoms with van der Waals surface area (Å²) in [5.41, 5.74) is 6.79. The van der Waals surface area contributed by atoms with Crippen LogP contribution >= 0.6 is 11.8 Å². The standard InChI is InChI=1S/C24H22FN3S/c1-16-5-4-6-22(14-16)28-23(19-9-11-21(25)12-10-19)26-27-24(28)29-15-20-13-17(2)7-8-18(20)3/h4-14H,15H2,1-3H3. The maximum Gasteiger partial charge on any atom is 0.196 e. The number of thioether (sulfide) groups is 1. The lowest BCUT2D eigenvalue weighted by molar-refractivity contribution is 0.628. The van der Waals surface area contributed by atoms with E-state index in [1.54, 1.807) is 23.9 Å². The zero-order chi connectivity index (χ0) is 20.4. The summed E-state index contributed by atoms with van der Waals surface area (Å²) >= 11 is 1.66. The molecule has 0 aliphatic rings. The molecule has 29 heavy (non-hydrogen) atoms. The van der Waals surface area contributed by atoms with Gasteiger partial charge in [-0.25, -0.2) is 4.39 Å². The molecule has 0 N–H and O–H groups in total. The smallest absolute Gasteiger partial charge is 0.196 e. The fourth-order valence-corrected chi connectivity index (χ4v) is 4.26. The Morgan fingerprint density at radius 2 is 1.62 bits per heavy atom. The molecule has 0 atom stereocenters. The summed E-state index contributed by atoms with van der Waals surface area (Å²) in [5, 5.41) is 9.73. The Hall–Kier alpha value is -2.92. The van der Waals surface area contributed by atoms with Crippen LogP contribution in [0, 0.1) is 26.6 Å². The highest BCUT2D eigenvalue weighted by Gasteiger charge is 2.17. The fourth-order valence-electron chi connectivity index (χ4n) is 3.25. The molecular formula is C24H22FN3S. The molecule has 0 saturated heterocycles. The highest BCUT2D eigenvalue weighted by atomic mass is 32.2. The summed E-state index contributed by atoms with van der Waals surface area (Å²) in [5.74, 6) is 1.25. The van der Waals surface area contributed by atoms with Crippen LogP contribution in [0.2, 0.25) is 0 Å². The lowest BCUT2D eigenvalue weighted by atomic mass is 10.1. The van der Waals surface area contributed by atoms with Crippen molar-refractivity contribution in [2.24, 2.45) is 0 Å². The van der Waals surface area contributed by atoms with Gasteiger partial charge in [0.25, 0.3) is 0 Å². The van der Waals surface area contributed by atoms with Crippen LogP contribution in [0.1, 0.15) is 22.3 Å². The third-order valence-corrected chi connectivity index (χ3v) is 5.83. The van der Waals surface area contributed by atoms with Crippen molar-refractivity contribution >= 4 is 11.8 Å². The molecule has 5 heteroatoms. The summed E-state index contributed by atoms with van der Waals surface area (Å²) in [4.78, 5) is 0. The number of benzene rings is 3. The van der Waals surface area contributed by atoms with Crippen LogP contribution in [-0.2, 0) is 5.75 Å². The number of hydrogen-bond donors (Lipinski definition) is 0. The second-order valence-electron chi connectivity index (χ2n) is 7.21. The minimum atomic E-state index is -0.264. The van der Waals surface area contributed by atoms with Crippen molar-refractivity contribution < 1.29 is 4.39 Å². The van der Waals surface area contributed by atoms with Gasteiger partial charge in [0.1, 0.15) is 5.82 Å². The van der Waals surface area contributed by atoms with E-state index in [1.165, 1.54) is 28.8 Å². The second-order valence-corrected chi connectivity index (χ2v) is 8.15. The Kier molecular flexibility index (Phi) is 5.49. The Bertz CT molecular complexity index is 1150. The van der Waals surface area contributed by atoms with Crippen LogP contribution in [0.4, 0.5) is 4.39 Å². The van der Waals surface area contributed by atoms with Crippen molar-refractivity contribution in [2.75, 3.05) is 0 Å². The van der Waals surface area contributed by atoms with E-state index in [1.807, 2.05) is 12.1 Å². The first-order valence-corrected chi connectivity index (χ1v) is 10.5. The minimum Gasteiger partial charge on any atom is -0.270 e. The Balaban J connectivity index is 1.75. The van der Waals surface area contributed by atoms with Crippen LogP contribution in [0.15, 0.2) is 71.9 Å². The van der Waals surface area contributed by atoms with Crippen molar-refractivity contribution in [3.8, 4) is 17.1 Å². The van der Waals surface area contributed by atoms with Gasteiger partial charge >= 0.3 is 0 Å². The van der Waals surface area contributed by atoms with Crippen LogP contribution in [-0.4, -0.2) is 14.8 Å². The van der Waals surface area contributed by atoms with Crippen molar-refractivity contribution in [3.63, 3.8) is 0 Å². The van der Waals surface area contributed by atoms with Crippen molar-refractivity contribution in [1.29, 1.82) is 0 Å². The number of nitrogens with zero attached hydrogens (tertiary/aromatic N) is 3. The average molecular weight is 404 g/mol. The Labute approximate surface area is 174 Å². The second kappa shape index (κ2) is 8.21. The maximum atomic E-state index is 13.4. The molecule has 4 rings (SSSR count). The molecule has 4 aromatic rings. The monoisotopic (exact) mass is 403 g/mol. The first-order chi connectivity index (χ1) is 14.0. The molecule has 3 nitrogen and oxygen atoms in total. The lowest BCUT2D eigenvalue weighted by Crippen LogP contribution is -2.00. The van der Waals surface area contributed by atoms with Gasteiger partial charge in [0.15, 0.2) is 11.0 Å². The molecule has 0 radical (unpaired) electrons. The molecule has 0 spiro atoms. The average Bonchev–Trinajstić information content (AvgIpc) is 3.13. The van der Waals surface area contributed by atoms with Gasteiger partial charge < -0.3 is 0 Å². The van der Waals surface area contributed by atoms with Crippen LogP contribution in [0.25, 0.3) is 17.1 Å². The van der Waals surface area contributed by atoms with E-state index in [0.29, 0.717) is 5.82 Å². The molecule has 1 heterocycles. The number of hydrogen-bond acceptors (Lipinski definition) is 3. The van der Waals surface area contributed by atoms with Gasteiger partial charge in [-0.3, -0.25) is 4.57 Å². The van der Waals surface area contributed by atoms with Gasteiger partial charge in [-0.05, 0) is 73.9 Å². The lowest BCUT2D eigenvalue weighted by Gasteiger charge is -2.12. The van der Waals surface area contributed by atoms with Crippen LogP contribution in [0.3, 0.4) is 0 Å². The summed E-state index contributed by atoms with van der Waals surface area (Å²) in [6.07, 6.45) is 0.